The molecule has 18 heavy (non-hydrogen) atoms. The van der Waals surface area contributed by atoms with Crippen LogP contribution in [0.3, 0.4) is 0 Å². The van der Waals surface area contributed by atoms with Crippen molar-refractivity contribution in [3.8, 4) is 0 Å². The Kier molecular flexibility index (Phi) is 5.11. The minimum atomic E-state index is -0.324. The molecule has 0 radical (unpaired) electrons. The maximum atomic E-state index is 12.8. The highest BCUT2D eigenvalue weighted by Crippen LogP contribution is 2.17. The lowest BCUT2D eigenvalue weighted by molar-refractivity contribution is 0.0664. The maximum absolute atomic E-state index is 12.8. The first-order chi connectivity index (χ1) is 8.08. The summed E-state index contributed by atoms with van der Waals surface area (Å²) >= 11 is 0. The molecule has 1 heterocycles. The lowest BCUT2D eigenvalue weighted by Gasteiger charge is -2.35. The molecule has 2 atom stereocenters. The summed E-state index contributed by atoms with van der Waals surface area (Å²) in [4.78, 5) is 13.9. The highest BCUT2D eigenvalue weighted by molar-refractivity contribution is 5.94. The highest BCUT2D eigenvalue weighted by atomic mass is 35.5. The van der Waals surface area contributed by atoms with Crippen molar-refractivity contribution in [2.45, 2.75) is 19.4 Å². The molecule has 1 fully saturated rings. The van der Waals surface area contributed by atoms with Crippen LogP contribution in [-0.2, 0) is 0 Å². The number of hydrogen-bond donors (Lipinski definition) is 1. The van der Waals surface area contributed by atoms with Crippen molar-refractivity contribution in [1.82, 2.24) is 4.90 Å². The molecule has 2 N–H and O–H groups in total. The molecule has 0 bridgehead atoms. The average molecular weight is 273 g/mol. The summed E-state index contributed by atoms with van der Waals surface area (Å²) in [6, 6.07) is 5.85. The van der Waals surface area contributed by atoms with Crippen LogP contribution in [0.5, 0.6) is 0 Å². The number of halogens is 2. The van der Waals surface area contributed by atoms with Gasteiger partial charge in [-0.05, 0) is 36.6 Å². The number of likely N-dealkylation sites (tertiary alicyclic amines) is 1. The van der Waals surface area contributed by atoms with Crippen LogP contribution in [0.2, 0.25) is 0 Å². The molecule has 0 spiro atoms. The van der Waals surface area contributed by atoms with E-state index in [1.165, 1.54) is 24.3 Å². The number of rotatable bonds is 1. The molecule has 0 saturated carbocycles. The molecular weight excluding hydrogens is 255 g/mol. The minimum absolute atomic E-state index is 0. The molecule has 100 valence electrons. The third-order valence-corrected chi connectivity index (χ3v) is 3.35. The topological polar surface area (TPSA) is 46.3 Å². The van der Waals surface area contributed by atoms with Crippen molar-refractivity contribution in [3.05, 3.63) is 35.6 Å². The van der Waals surface area contributed by atoms with Crippen LogP contribution in [0.1, 0.15) is 23.7 Å². The van der Waals surface area contributed by atoms with Gasteiger partial charge >= 0.3 is 0 Å². The average Bonchev–Trinajstić information content (AvgIpc) is 2.33. The third-order valence-electron chi connectivity index (χ3n) is 3.35. The molecule has 0 aliphatic carbocycles. The zero-order chi connectivity index (χ0) is 12.4. The van der Waals surface area contributed by atoms with Gasteiger partial charge in [0, 0.05) is 24.7 Å². The van der Waals surface area contributed by atoms with E-state index in [4.69, 9.17) is 5.73 Å². The van der Waals surface area contributed by atoms with Gasteiger partial charge in [-0.1, -0.05) is 6.92 Å². The molecule has 2 rings (SSSR count). The number of nitrogens with zero attached hydrogens (tertiary/aromatic N) is 1. The lowest BCUT2D eigenvalue weighted by atomic mass is 9.94. The van der Waals surface area contributed by atoms with Gasteiger partial charge in [0.05, 0.1) is 0 Å². The van der Waals surface area contributed by atoms with E-state index < -0.39 is 0 Å². The molecule has 2 unspecified atom stereocenters. The first kappa shape index (κ1) is 14.9. The predicted octanol–water partition coefficient (Wildman–Crippen LogP) is 2.06. The van der Waals surface area contributed by atoms with E-state index in [1.807, 2.05) is 0 Å². The van der Waals surface area contributed by atoms with Gasteiger partial charge < -0.3 is 10.6 Å². The Balaban J connectivity index is 0.00000162. The van der Waals surface area contributed by atoms with Gasteiger partial charge in [-0.2, -0.15) is 0 Å². The molecule has 1 saturated heterocycles. The summed E-state index contributed by atoms with van der Waals surface area (Å²) in [5, 5.41) is 0. The first-order valence-corrected chi connectivity index (χ1v) is 5.88. The molecule has 1 amide bonds. The van der Waals surface area contributed by atoms with Gasteiger partial charge in [-0.3, -0.25) is 4.79 Å². The standard InChI is InChI=1S/C13H17FN2O.ClH/c1-9-8-16(7-6-12(9)15)13(17)10-2-4-11(14)5-3-10;/h2-5,9,12H,6-8,15H2,1H3;1H. The SMILES string of the molecule is CC1CN(C(=O)c2ccc(F)cc2)CCC1N.Cl. The Hall–Kier alpha value is -1.13. The van der Waals surface area contributed by atoms with Gasteiger partial charge in [0.25, 0.3) is 5.91 Å². The van der Waals surface area contributed by atoms with E-state index in [0.29, 0.717) is 24.6 Å². The van der Waals surface area contributed by atoms with Crippen molar-refractivity contribution in [2.75, 3.05) is 13.1 Å². The second-order valence-electron chi connectivity index (χ2n) is 4.69. The summed E-state index contributed by atoms with van der Waals surface area (Å²) in [7, 11) is 0. The number of carbonyl (C=O) groups excluding carboxylic acids is 1. The van der Waals surface area contributed by atoms with Crippen molar-refractivity contribution in [3.63, 3.8) is 0 Å². The first-order valence-electron chi connectivity index (χ1n) is 5.88. The second kappa shape index (κ2) is 6.16. The summed E-state index contributed by atoms with van der Waals surface area (Å²) in [5.74, 6) is -0.0486. The summed E-state index contributed by atoms with van der Waals surface area (Å²) in [6.07, 6.45) is 0.827. The zero-order valence-corrected chi connectivity index (χ0v) is 11.1. The molecule has 1 aliphatic heterocycles. The molecule has 0 aromatic heterocycles. The molecule has 5 heteroatoms. The van der Waals surface area contributed by atoms with Crippen LogP contribution in [0.15, 0.2) is 24.3 Å². The normalized spacial score (nSPS) is 23.4. The van der Waals surface area contributed by atoms with Gasteiger partial charge in [-0.15, -0.1) is 12.4 Å². The van der Waals surface area contributed by atoms with E-state index in [9.17, 15) is 9.18 Å². The van der Waals surface area contributed by atoms with Crippen molar-refractivity contribution in [1.29, 1.82) is 0 Å². The minimum Gasteiger partial charge on any atom is -0.338 e. The number of piperidine rings is 1. The summed E-state index contributed by atoms with van der Waals surface area (Å²) in [6.45, 7) is 3.41. The summed E-state index contributed by atoms with van der Waals surface area (Å²) < 4.78 is 12.8. The molecule has 1 aliphatic rings. The lowest BCUT2D eigenvalue weighted by Crippen LogP contribution is -2.48. The number of carbonyl (C=O) groups is 1. The Labute approximate surface area is 113 Å². The van der Waals surface area contributed by atoms with Crippen molar-refractivity contribution >= 4 is 18.3 Å². The molecule has 1 aromatic rings. The Morgan fingerprint density at radius 1 is 1.39 bits per heavy atom. The fourth-order valence-corrected chi connectivity index (χ4v) is 2.12. The molecule has 3 nitrogen and oxygen atoms in total. The number of hydrogen-bond acceptors (Lipinski definition) is 2. The van der Waals surface area contributed by atoms with Crippen molar-refractivity contribution in [2.24, 2.45) is 11.7 Å². The molecular formula is C13H18ClFN2O. The van der Waals surface area contributed by atoms with Crippen LogP contribution >= 0.6 is 12.4 Å². The van der Waals surface area contributed by atoms with Gasteiger partial charge in [0.15, 0.2) is 0 Å². The van der Waals surface area contributed by atoms with Gasteiger partial charge in [-0.25, -0.2) is 4.39 Å². The number of nitrogens with two attached hydrogens (primary N) is 1. The Morgan fingerprint density at radius 3 is 2.56 bits per heavy atom. The fraction of sp³-hybridized carbons (Fsp3) is 0.462. The van der Waals surface area contributed by atoms with Gasteiger partial charge in [0.1, 0.15) is 5.82 Å². The number of amides is 1. The fourth-order valence-electron chi connectivity index (χ4n) is 2.12. The van der Waals surface area contributed by atoms with Gasteiger partial charge in [0.2, 0.25) is 0 Å². The largest absolute Gasteiger partial charge is 0.338 e. The zero-order valence-electron chi connectivity index (χ0n) is 10.3. The van der Waals surface area contributed by atoms with Crippen LogP contribution < -0.4 is 5.73 Å². The second-order valence-corrected chi connectivity index (χ2v) is 4.69. The third kappa shape index (κ3) is 3.21. The quantitative estimate of drug-likeness (QED) is 0.851. The maximum Gasteiger partial charge on any atom is 0.253 e. The molecule has 1 aromatic carbocycles. The Bertz CT molecular complexity index is 410. The van der Waals surface area contributed by atoms with E-state index in [-0.39, 0.29) is 30.2 Å². The van der Waals surface area contributed by atoms with E-state index in [0.717, 1.165) is 6.42 Å². The number of benzene rings is 1. The summed E-state index contributed by atoms with van der Waals surface area (Å²) in [5.41, 5.74) is 6.45. The monoisotopic (exact) mass is 272 g/mol. The van der Waals surface area contributed by atoms with E-state index >= 15 is 0 Å². The van der Waals surface area contributed by atoms with Crippen LogP contribution in [0.25, 0.3) is 0 Å². The highest BCUT2D eigenvalue weighted by Gasteiger charge is 2.26. The van der Waals surface area contributed by atoms with Crippen LogP contribution in [0, 0.1) is 11.7 Å². The van der Waals surface area contributed by atoms with Crippen LogP contribution in [-0.4, -0.2) is 29.9 Å². The smallest absolute Gasteiger partial charge is 0.253 e. The van der Waals surface area contributed by atoms with Crippen LogP contribution in [0.4, 0.5) is 4.39 Å². The predicted molar refractivity (Wildman–Crippen MR) is 71.3 cm³/mol. The Morgan fingerprint density at radius 2 is 2.00 bits per heavy atom. The van der Waals surface area contributed by atoms with Crippen molar-refractivity contribution < 1.29 is 9.18 Å². The van der Waals surface area contributed by atoms with E-state index in [1.54, 1.807) is 4.90 Å². The van der Waals surface area contributed by atoms with E-state index in [2.05, 4.69) is 6.92 Å².